The molecule has 4 heteroatoms. The third-order valence-electron chi connectivity index (χ3n) is 4.02. The van der Waals surface area contributed by atoms with Crippen molar-refractivity contribution in [3.05, 3.63) is 0 Å². The molecule has 0 N–H and O–H groups in total. The number of ketones is 1. The van der Waals surface area contributed by atoms with Gasteiger partial charge >= 0.3 is 5.97 Å². The first-order valence-corrected chi connectivity index (χ1v) is 7.12. The van der Waals surface area contributed by atoms with Gasteiger partial charge in [0.25, 0.3) is 0 Å². The van der Waals surface area contributed by atoms with Gasteiger partial charge in [0.05, 0.1) is 12.5 Å². The van der Waals surface area contributed by atoms with Crippen molar-refractivity contribution in [1.29, 1.82) is 0 Å². The molecule has 0 aromatic heterocycles. The number of esters is 1. The van der Waals surface area contributed by atoms with Crippen LogP contribution in [0.15, 0.2) is 0 Å². The lowest BCUT2D eigenvalue weighted by molar-refractivity contribution is -0.148. The quantitative estimate of drug-likeness (QED) is 0.714. The van der Waals surface area contributed by atoms with Gasteiger partial charge in [0.15, 0.2) is 0 Å². The van der Waals surface area contributed by atoms with E-state index in [9.17, 15) is 9.59 Å². The Hall–Kier alpha value is -0.900. The van der Waals surface area contributed by atoms with Gasteiger partial charge in [0.2, 0.25) is 0 Å². The topological polar surface area (TPSA) is 46.6 Å². The highest BCUT2D eigenvalue weighted by atomic mass is 16.5. The minimum absolute atomic E-state index is 0.0532. The summed E-state index contributed by atoms with van der Waals surface area (Å²) in [7, 11) is 0. The van der Waals surface area contributed by atoms with Crippen LogP contribution in [0.25, 0.3) is 0 Å². The van der Waals surface area contributed by atoms with Crippen molar-refractivity contribution < 1.29 is 14.3 Å². The van der Waals surface area contributed by atoms with Crippen LogP contribution in [0.5, 0.6) is 0 Å². The summed E-state index contributed by atoms with van der Waals surface area (Å²) < 4.78 is 5.01. The predicted molar refractivity (Wildman–Crippen MR) is 68.1 cm³/mol. The van der Waals surface area contributed by atoms with Crippen molar-refractivity contribution in [2.75, 3.05) is 26.2 Å². The van der Waals surface area contributed by atoms with E-state index in [1.165, 1.54) is 19.3 Å². The molecule has 0 spiro atoms. The van der Waals surface area contributed by atoms with Crippen LogP contribution in [0.3, 0.4) is 0 Å². The smallest absolute Gasteiger partial charge is 0.309 e. The second-order valence-electron chi connectivity index (χ2n) is 5.41. The van der Waals surface area contributed by atoms with Crippen molar-refractivity contribution in [2.24, 2.45) is 11.8 Å². The van der Waals surface area contributed by atoms with Crippen LogP contribution in [0, 0.1) is 11.8 Å². The lowest BCUT2D eigenvalue weighted by Crippen LogP contribution is -2.35. The molecule has 2 unspecified atom stereocenters. The Labute approximate surface area is 109 Å². The van der Waals surface area contributed by atoms with Crippen molar-refractivity contribution in [3.63, 3.8) is 0 Å². The summed E-state index contributed by atoms with van der Waals surface area (Å²) in [5, 5.41) is 0. The van der Waals surface area contributed by atoms with Crippen molar-refractivity contribution in [3.8, 4) is 0 Å². The molecule has 1 saturated carbocycles. The van der Waals surface area contributed by atoms with Crippen LogP contribution in [0.1, 0.15) is 39.0 Å². The van der Waals surface area contributed by atoms with Crippen LogP contribution < -0.4 is 0 Å². The van der Waals surface area contributed by atoms with E-state index in [1.54, 1.807) is 6.92 Å². The van der Waals surface area contributed by atoms with Crippen LogP contribution in [-0.2, 0) is 14.3 Å². The fourth-order valence-electron chi connectivity index (χ4n) is 3.04. The van der Waals surface area contributed by atoms with E-state index in [0.29, 0.717) is 19.4 Å². The van der Waals surface area contributed by atoms with Crippen LogP contribution in [-0.4, -0.2) is 42.9 Å². The molecule has 0 radical (unpaired) electrons. The number of Topliss-reactive ketones (excluding diaryl/α,β-unsaturated/α-hetero) is 1. The summed E-state index contributed by atoms with van der Waals surface area (Å²) in [6.45, 7) is 5.26. The first kappa shape index (κ1) is 13.5. The molecule has 2 fully saturated rings. The van der Waals surface area contributed by atoms with E-state index < -0.39 is 0 Å². The van der Waals surface area contributed by atoms with Crippen LogP contribution in [0.4, 0.5) is 0 Å². The number of carbonyl (C=O) groups is 2. The number of nitrogens with zero attached hydrogens (tertiary/aromatic N) is 1. The SMILES string of the molecule is CCOC(=O)C1CC(=O)C(CN2CCCCC2)C1. The van der Waals surface area contributed by atoms with E-state index in [1.807, 2.05) is 0 Å². The standard InChI is InChI=1S/C14H23NO3/c1-2-18-14(17)11-8-12(13(16)9-11)10-15-6-4-3-5-7-15/h11-12H,2-10H2,1H3. The molecule has 102 valence electrons. The number of piperidine rings is 1. The Morgan fingerprint density at radius 3 is 2.72 bits per heavy atom. The predicted octanol–water partition coefficient (Wildman–Crippen LogP) is 1.63. The van der Waals surface area contributed by atoms with E-state index in [-0.39, 0.29) is 23.6 Å². The summed E-state index contributed by atoms with van der Waals surface area (Å²) >= 11 is 0. The molecule has 0 amide bonds. The van der Waals surface area contributed by atoms with E-state index in [4.69, 9.17) is 4.74 Å². The maximum atomic E-state index is 11.9. The molecule has 1 heterocycles. The molecule has 2 rings (SSSR count). The zero-order valence-electron chi connectivity index (χ0n) is 11.2. The van der Waals surface area contributed by atoms with Crippen molar-refractivity contribution in [2.45, 2.75) is 39.0 Å². The maximum Gasteiger partial charge on any atom is 0.309 e. The molecule has 0 aromatic carbocycles. The molecule has 1 aliphatic heterocycles. The normalized spacial score (nSPS) is 29.5. The van der Waals surface area contributed by atoms with E-state index in [2.05, 4.69) is 4.90 Å². The highest BCUT2D eigenvalue weighted by Gasteiger charge is 2.38. The molecule has 0 aromatic rings. The average molecular weight is 253 g/mol. The van der Waals surface area contributed by atoms with Crippen molar-refractivity contribution >= 4 is 11.8 Å². The lowest BCUT2D eigenvalue weighted by atomic mass is 10.0. The molecule has 2 aliphatic rings. The van der Waals surface area contributed by atoms with Gasteiger partial charge in [-0.2, -0.15) is 0 Å². The minimum Gasteiger partial charge on any atom is -0.466 e. The van der Waals surface area contributed by atoms with Gasteiger partial charge < -0.3 is 9.64 Å². The zero-order chi connectivity index (χ0) is 13.0. The van der Waals surface area contributed by atoms with Gasteiger partial charge in [-0.25, -0.2) is 0 Å². The Morgan fingerprint density at radius 2 is 2.06 bits per heavy atom. The third kappa shape index (κ3) is 3.31. The Morgan fingerprint density at radius 1 is 1.33 bits per heavy atom. The number of rotatable bonds is 4. The minimum atomic E-state index is -0.188. The Bertz CT molecular complexity index is 310. The van der Waals surface area contributed by atoms with Gasteiger partial charge in [-0.3, -0.25) is 9.59 Å². The summed E-state index contributed by atoms with van der Waals surface area (Å²) in [6, 6.07) is 0. The van der Waals surface area contributed by atoms with Gasteiger partial charge in [0, 0.05) is 18.9 Å². The van der Waals surface area contributed by atoms with E-state index in [0.717, 1.165) is 19.6 Å². The number of carbonyl (C=O) groups excluding carboxylic acids is 2. The first-order valence-electron chi connectivity index (χ1n) is 7.12. The summed E-state index contributed by atoms with van der Waals surface area (Å²) in [6.07, 6.45) is 4.86. The third-order valence-corrected chi connectivity index (χ3v) is 4.02. The Balaban J connectivity index is 1.83. The monoisotopic (exact) mass is 253 g/mol. The summed E-state index contributed by atoms with van der Waals surface area (Å²) in [4.78, 5) is 25.9. The van der Waals surface area contributed by atoms with Crippen LogP contribution in [0.2, 0.25) is 0 Å². The van der Waals surface area contributed by atoms with Gasteiger partial charge in [-0.1, -0.05) is 6.42 Å². The highest BCUT2D eigenvalue weighted by Crippen LogP contribution is 2.30. The highest BCUT2D eigenvalue weighted by molar-refractivity contribution is 5.89. The molecule has 2 atom stereocenters. The molecule has 1 aliphatic carbocycles. The first-order chi connectivity index (χ1) is 8.70. The van der Waals surface area contributed by atoms with E-state index >= 15 is 0 Å². The molecular weight excluding hydrogens is 230 g/mol. The summed E-state index contributed by atoms with van der Waals surface area (Å²) in [5.74, 6) is -0.0737. The number of hydrogen-bond donors (Lipinski definition) is 0. The molecule has 4 nitrogen and oxygen atoms in total. The second kappa shape index (κ2) is 6.32. The molecule has 0 bridgehead atoms. The fraction of sp³-hybridized carbons (Fsp3) is 0.857. The van der Waals surface area contributed by atoms with Gasteiger partial charge in [-0.05, 0) is 39.3 Å². The fourth-order valence-corrected chi connectivity index (χ4v) is 3.04. The van der Waals surface area contributed by atoms with Crippen molar-refractivity contribution in [1.82, 2.24) is 4.90 Å². The maximum absolute atomic E-state index is 11.9. The molecule has 18 heavy (non-hydrogen) atoms. The average Bonchev–Trinajstić information content (AvgIpc) is 2.73. The second-order valence-corrected chi connectivity index (χ2v) is 5.41. The number of hydrogen-bond acceptors (Lipinski definition) is 4. The number of likely N-dealkylation sites (tertiary alicyclic amines) is 1. The lowest BCUT2D eigenvalue weighted by Gasteiger charge is -2.28. The number of ether oxygens (including phenoxy) is 1. The Kier molecular flexibility index (Phi) is 4.75. The molecule has 1 saturated heterocycles. The molecular formula is C14H23NO3. The van der Waals surface area contributed by atoms with Gasteiger partial charge in [-0.15, -0.1) is 0 Å². The van der Waals surface area contributed by atoms with Crippen LogP contribution >= 0.6 is 0 Å². The summed E-state index contributed by atoms with van der Waals surface area (Å²) in [5.41, 5.74) is 0. The largest absolute Gasteiger partial charge is 0.466 e. The van der Waals surface area contributed by atoms with Gasteiger partial charge in [0.1, 0.15) is 5.78 Å². The zero-order valence-corrected chi connectivity index (χ0v) is 11.2.